The molecule has 2 aromatic rings. The summed E-state index contributed by atoms with van der Waals surface area (Å²) in [5, 5.41) is 15.0. The lowest BCUT2D eigenvalue weighted by atomic mass is 9.92. The minimum Gasteiger partial charge on any atom is -0.367 e. The molecular formula is C15H18N4O2. The van der Waals surface area contributed by atoms with E-state index in [-0.39, 0.29) is 5.69 Å². The highest BCUT2D eigenvalue weighted by molar-refractivity contribution is 5.82. The predicted molar refractivity (Wildman–Crippen MR) is 82.3 cm³/mol. The molecule has 6 nitrogen and oxygen atoms in total. The van der Waals surface area contributed by atoms with E-state index in [1.165, 1.54) is 6.07 Å². The summed E-state index contributed by atoms with van der Waals surface area (Å²) < 4.78 is 0. The molecule has 1 aromatic carbocycles. The molecule has 0 aliphatic heterocycles. The summed E-state index contributed by atoms with van der Waals surface area (Å²) in [6.45, 7) is 0. The van der Waals surface area contributed by atoms with Crippen LogP contribution in [0.5, 0.6) is 0 Å². The molecule has 1 aliphatic rings. The third-order valence-electron chi connectivity index (χ3n) is 4.01. The van der Waals surface area contributed by atoms with Gasteiger partial charge in [0.15, 0.2) is 0 Å². The summed E-state index contributed by atoms with van der Waals surface area (Å²) in [5.74, 6) is 0.817. The largest absolute Gasteiger partial charge is 0.367 e. The monoisotopic (exact) mass is 286 g/mol. The Morgan fingerprint density at radius 3 is 2.67 bits per heavy atom. The number of nitro benzene ring substituents is 1. The fraction of sp³-hybridized carbons (Fsp3) is 0.400. The predicted octanol–water partition coefficient (Wildman–Crippen LogP) is 2.82. The quantitative estimate of drug-likeness (QED) is 0.668. The standard InChI is InChI=1S/C15H18N4O2/c16-11-2-4-12(5-3-11)17-15-8-1-10-9-13(19(20)21)6-7-14(10)18-15/h1,6-9,11-12H,2-5,16H2,(H,17,18). The molecule has 0 radical (unpaired) electrons. The van der Waals surface area contributed by atoms with Crippen molar-refractivity contribution >= 4 is 22.4 Å². The van der Waals surface area contributed by atoms with Crippen molar-refractivity contribution in [3.05, 3.63) is 40.4 Å². The highest BCUT2D eigenvalue weighted by Gasteiger charge is 2.18. The summed E-state index contributed by atoms with van der Waals surface area (Å²) in [6.07, 6.45) is 4.19. The van der Waals surface area contributed by atoms with E-state index in [0.717, 1.165) is 42.4 Å². The first-order valence-corrected chi connectivity index (χ1v) is 7.19. The second-order valence-corrected chi connectivity index (χ2v) is 5.59. The van der Waals surface area contributed by atoms with E-state index in [1.54, 1.807) is 12.1 Å². The van der Waals surface area contributed by atoms with Crippen LogP contribution in [0.1, 0.15) is 25.7 Å². The number of nitrogens with zero attached hydrogens (tertiary/aromatic N) is 2. The Hall–Kier alpha value is -2.21. The van der Waals surface area contributed by atoms with Gasteiger partial charge < -0.3 is 11.1 Å². The maximum atomic E-state index is 10.8. The van der Waals surface area contributed by atoms with Crippen molar-refractivity contribution in [2.75, 3.05) is 5.32 Å². The van der Waals surface area contributed by atoms with E-state index in [1.807, 2.05) is 12.1 Å². The van der Waals surface area contributed by atoms with Gasteiger partial charge in [-0.3, -0.25) is 10.1 Å². The Labute approximate surface area is 122 Å². The van der Waals surface area contributed by atoms with Crippen LogP contribution in [0.2, 0.25) is 0 Å². The van der Waals surface area contributed by atoms with Gasteiger partial charge in [0.05, 0.1) is 10.4 Å². The first kappa shape index (κ1) is 13.8. The summed E-state index contributed by atoms with van der Waals surface area (Å²) in [5.41, 5.74) is 6.76. The smallest absolute Gasteiger partial charge is 0.270 e. The van der Waals surface area contributed by atoms with Crippen molar-refractivity contribution in [3.63, 3.8) is 0 Å². The number of benzene rings is 1. The molecule has 0 amide bonds. The van der Waals surface area contributed by atoms with Crippen LogP contribution in [0.4, 0.5) is 11.5 Å². The Bertz CT molecular complexity index is 666. The van der Waals surface area contributed by atoms with Crippen LogP contribution in [0.3, 0.4) is 0 Å². The fourth-order valence-corrected chi connectivity index (χ4v) is 2.78. The van der Waals surface area contributed by atoms with E-state index in [9.17, 15) is 10.1 Å². The molecular weight excluding hydrogens is 268 g/mol. The number of hydrogen-bond donors (Lipinski definition) is 2. The van der Waals surface area contributed by atoms with E-state index in [4.69, 9.17) is 5.73 Å². The number of nitrogens with one attached hydrogen (secondary N) is 1. The molecule has 6 heteroatoms. The number of fused-ring (bicyclic) bond motifs is 1. The van der Waals surface area contributed by atoms with Crippen molar-refractivity contribution in [2.45, 2.75) is 37.8 Å². The maximum absolute atomic E-state index is 10.8. The zero-order valence-electron chi connectivity index (χ0n) is 11.7. The SMILES string of the molecule is NC1CCC(Nc2ccc3cc([N+](=O)[O-])ccc3n2)CC1. The molecule has 1 heterocycles. The normalized spacial score (nSPS) is 22.1. The minimum absolute atomic E-state index is 0.0891. The third kappa shape index (κ3) is 3.11. The number of non-ortho nitro benzene ring substituents is 1. The Morgan fingerprint density at radius 2 is 1.95 bits per heavy atom. The zero-order valence-corrected chi connectivity index (χ0v) is 11.7. The molecule has 1 saturated carbocycles. The van der Waals surface area contributed by atoms with E-state index >= 15 is 0 Å². The van der Waals surface area contributed by atoms with Crippen molar-refractivity contribution < 1.29 is 4.92 Å². The number of pyridine rings is 1. The van der Waals surface area contributed by atoms with Crippen LogP contribution in [0.25, 0.3) is 10.9 Å². The molecule has 3 N–H and O–H groups in total. The van der Waals surface area contributed by atoms with Gasteiger partial charge in [0.1, 0.15) is 5.82 Å². The number of hydrogen-bond acceptors (Lipinski definition) is 5. The molecule has 110 valence electrons. The molecule has 0 spiro atoms. The lowest BCUT2D eigenvalue weighted by Crippen LogP contribution is -2.32. The molecule has 1 aliphatic carbocycles. The summed E-state index contributed by atoms with van der Waals surface area (Å²) >= 11 is 0. The van der Waals surface area contributed by atoms with Gasteiger partial charge in [-0.15, -0.1) is 0 Å². The molecule has 0 saturated heterocycles. The van der Waals surface area contributed by atoms with Crippen LogP contribution in [0.15, 0.2) is 30.3 Å². The lowest BCUT2D eigenvalue weighted by molar-refractivity contribution is -0.384. The second kappa shape index (κ2) is 5.65. The number of rotatable bonds is 3. The number of aromatic nitrogens is 1. The fourth-order valence-electron chi connectivity index (χ4n) is 2.78. The van der Waals surface area contributed by atoms with Crippen LogP contribution >= 0.6 is 0 Å². The lowest BCUT2D eigenvalue weighted by Gasteiger charge is -2.27. The topological polar surface area (TPSA) is 94.1 Å². The van der Waals surface area contributed by atoms with E-state index in [2.05, 4.69) is 10.3 Å². The number of nitro groups is 1. The first-order chi connectivity index (χ1) is 10.1. The van der Waals surface area contributed by atoms with Gasteiger partial charge >= 0.3 is 0 Å². The summed E-state index contributed by atoms with van der Waals surface area (Å²) in [6, 6.07) is 9.20. The molecule has 0 atom stereocenters. The minimum atomic E-state index is -0.392. The van der Waals surface area contributed by atoms with Crippen LogP contribution in [-0.2, 0) is 0 Å². The van der Waals surface area contributed by atoms with Crippen molar-refractivity contribution in [2.24, 2.45) is 5.73 Å². The first-order valence-electron chi connectivity index (χ1n) is 7.19. The molecule has 1 aromatic heterocycles. The Morgan fingerprint density at radius 1 is 1.19 bits per heavy atom. The van der Waals surface area contributed by atoms with Gasteiger partial charge in [-0.2, -0.15) is 0 Å². The second-order valence-electron chi connectivity index (χ2n) is 5.59. The van der Waals surface area contributed by atoms with Gasteiger partial charge in [-0.05, 0) is 43.9 Å². The van der Waals surface area contributed by atoms with E-state index in [0.29, 0.717) is 12.1 Å². The highest BCUT2D eigenvalue weighted by Crippen LogP contribution is 2.24. The van der Waals surface area contributed by atoms with Gasteiger partial charge in [-0.25, -0.2) is 4.98 Å². The van der Waals surface area contributed by atoms with Crippen molar-refractivity contribution in [3.8, 4) is 0 Å². The molecule has 3 rings (SSSR count). The summed E-state index contributed by atoms with van der Waals surface area (Å²) in [4.78, 5) is 14.9. The molecule has 0 unspecified atom stereocenters. The molecule has 21 heavy (non-hydrogen) atoms. The maximum Gasteiger partial charge on any atom is 0.270 e. The zero-order chi connectivity index (χ0) is 14.8. The average Bonchev–Trinajstić information content (AvgIpc) is 2.49. The van der Waals surface area contributed by atoms with Gasteiger partial charge in [0.25, 0.3) is 5.69 Å². The van der Waals surface area contributed by atoms with Gasteiger partial charge in [0.2, 0.25) is 0 Å². The third-order valence-corrected chi connectivity index (χ3v) is 4.01. The van der Waals surface area contributed by atoms with Crippen molar-refractivity contribution in [1.29, 1.82) is 0 Å². The van der Waals surface area contributed by atoms with Gasteiger partial charge in [0, 0.05) is 29.6 Å². The number of nitrogens with two attached hydrogens (primary N) is 1. The van der Waals surface area contributed by atoms with Crippen LogP contribution < -0.4 is 11.1 Å². The highest BCUT2D eigenvalue weighted by atomic mass is 16.6. The number of anilines is 1. The van der Waals surface area contributed by atoms with Crippen molar-refractivity contribution in [1.82, 2.24) is 4.98 Å². The molecule has 1 fully saturated rings. The summed E-state index contributed by atoms with van der Waals surface area (Å²) in [7, 11) is 0. The Balaban J connectivity index is 1.78. The van der Waals surface area contributed by atoms with E-state index < -0.39 is 4.92 Å². The molecule has 0 bridgehead atoms. The van der Waals surface area contributed by atoms with Crippen LogP contribution in [-0.4, -0.2) is 22.0 Å². The van der Waals surface area contributed by atoms with Crippen LogP contribution in [0, 0.1) is 10.1 Å². The Kier molecular flexibility index (Phi) is 3.70. The average molecular weight is 286 g/mol. The van der Waals surface area contributed by atoms with Gasteiger partial charge in [-0.1, -0.05) is 0 Å².